The molecule has 0 atom stereocenters. The minimum Gasteiger partial charge on any atom is -0.456 e. The second-order valence-corrected chi connectivity index (χ2v) is 4.53. The number of carbonyl (C=O) groups excluding carboxylic acids is 1. The molecule has 100 valence electrons. The number of nitrogens with zero attached hydrogens (tertiary/aromatic N) is 1. The maximum atomic E-state index is 10.5. The van der Waals surface area contributed by atoms with E-state index in [4.69, 9.17) is 10.00 Å². The van der Waals surface area contributed by atoms with E-state index in [9.17, 15) is 4.79 Å². The first-order chi connectivity index (χ1) is 9.74. The first-order valence-corrected chi connectivity index (χ1v) is 6.44. The van der Waals surface area contributed by atoms with Gasteiger partial charge in [0.25, 0.3) is 0 Å². The lowest BCUT2D eigenvalue weighted by atomic mass is 10.1. The molecule has 0 radical (unpaired) electrons. The van der Waals surface area contributed by atoms with Gasteiger partial charge in [-0.2, -0.15) is 5.26 Å². The Morgan fingerprint density at radius 3 is 2.75 bits per heavy atom. The minimum absolute atomic E-state index is 0.458. The second kappa shape index (κ2) is 6.53. The van der Waals surface area contributed by atoms with Crippen molar-refractivity contribution in [3.63, 3.8) is 0 Å². The van der Waals surface area contributed by atoms with Crippen molar-refractivity contribution >= 4 is 6.29 Å². The maximum Gasteiger partial charge on any atom is 0.145 e. The molecule has 2 aromatic rings. The number of ether oxygens (including phenoxy) is 1. The quantitative estimate of drug-likeness (QED) is 0.773. The van der Waals surface area contributed by atoms with Gasteiger partial charge in [-0.1, -0.05) is 24.3 Å². The van der Waals surface area contributed by atoms with Crippen molar-refractivity contribution in [1.29, 1.82) is 5.26 Å². The number of hydrogen-bond donors (Lipinski definition) is 0. The molecule has 0 saturated heterocycles. The van der Waals surface area contributed by atoms with Crippen LogP contribution in [-0.4, -0.2) is 6.29 Å². The van der Waals surface area contributed by atoms with Gasteiger partial charge in [0, 0.05) is 6.42 Å². The second-order valence-electron chi connectivity index (χ2n) is 4.53. The SMILES string of the molecule is Cc1ccc(CCC=O)c(Oc2ccccc2C#N)c1. The number of para-hydroxylation sites is 1. The average Bonchev–Trinajstić information content (AvgIpc) is 2.47. The smallest absolute Gasteiger partial charge is 0.145 e. The molecule has 0 spiro atoms. The standard InChI is InChI=1S/C17H15NO2/c1-13-8-9-14(6-4-10-19)17(11-13)20-16-7-3-2-5-15(16)12-18/h2-3,5,7-11H,4,6H2,1H3. The molecule has 0 aliphatic carbocycles. The van der Waals surface area contributed by atoms with Gasteiger partial charge in [0.05, 0.1) is 5.56 Å². The van der Waals surface area contributed by atoms with Crippen molar-refractivity contribution in [3.05, 3.63) is 59.2 Å². The Morgan fingerprint density at radius 2 is 2.00 bits per heavy atom. The molecule has 2 aromatic carbocycles. The predicted molar refractivity (Wildman–Crippen MR) is 76.8 cm³/mol. The molecule has 0 aliphatic heterocycles. The van der Waals surface area contributed by atoms with Gasteiger partial charge in [0.15, 0.2) is 0 Å². The number of rotatable bonds is 5. The molecule has 20 heavy (non-hydrogen) atoms. The van der Waals surface area contributed by atoms with Crippen LogP contribution in [0.4, 0.5) is 0 Å². The van der Waals surface area contributed by atoms with Gasteiger partial charge in [0.2, 0.25) is 0 Å². The Kier molecular flexibility index (Phi) is 4.52. The van der Waals surface area contributed by atoms with Gasteiger partial charge >= 0.3 is 0 Å². The summed E-state index contributed by atoms with van der Waals surface area (Å²) in [6.45, 7) is 1.98. The number of aryl methyl sites for hydroxylation is 2. The Balaban J connectivity index is 2.34. The van der Waals surface area contributed by atoms with Crippen molar-refractivity contribution in [1.82, 2.24) is 0 Å². The molecule has 3 nitrogen and oxygen atoms in total. The molecule has 0 fully saturated rings. The van der Waals surface area contributed by atoms with Gasteiger partial charge in [0.1, 0.15) is 23.9 Å². The summed E-state index contributed by atoms with van der Waals surface area (Å²) in [5.41, 5.74) is 2.54. The van der Waals surface area contributed by atoms with E-state index in [1.807, 2.05) is 31.2 Å². The van der Waals surface area contributed by atoms with E-state index < -0.39 is 0 Å². The van der Waals surface area contributed by atoms with Crippen LogP contribution in [0.15, 0.2) is 42.5 Å². The summed E-state index contributed by atoms with van der Waals surface area (Å²) in [6.07, 6.45) is 1.99. The van der Waals surface area contributed by atoms with Crippen LogP contribution in [0.2, 0.25) is 0 Å². The summed E-state index contributed by atoms with van der Waals surface area (Å²) in [4.78, 5) is 10.5. The number of carbonyl (C=O) groups is 1. The molecule has 0 heterocycles. The normalized spacial score (nSPS) is 9.80. The summed E-state index contributed by atoms with van der Waals surface area (Å²) in [5, 5.41) is 9.09. The predicted octanol–water partition coefficient (Wildman–Crippen LogP) is 3.79. The zero-order valence-corrected chi connectivity index (χ0v) is 11.3. The highest BCUT2D eigenvalue weighted by Gasteiger charge is 2.08. The van der Waals surface area contributed by atoms with Crippen molar-refractivity contribution in [2.75, 3.05) is 0 Å². The van der Waals surface area contributed by atoms with E-state index in [1.54, 1.807) is 18.2 Å². The molecule has 0 amide bonds. The molecule has 0 unspecified atom stereocenters. The molecule has 0 saturated carbocycles. The highest BCUT2D eigenvalue weighted by molar-refractivity contribution is 5.52. The van der Waals surface area contributed by atoms with E-state index in [1.165, 1.54) is 0 Å². The fourth-order valence-electron chi connectivity index (χ4n) is 1.94. The Hall–Kier alpha value is -2.60. The number of nitriles is 1. The molecular weight excluding hydrogens is 250 g/mol. The fourth-order valence-corrected chi connectivity index (χ4v) is 1.94. The summed E-state index contributed by atoms with van der Waals surface area (Å²) in [5.74, 6) is 1.24. The Bertz CT molecular complexity index is 656. The Morgan fingerprint density at radius 1 is 1.20 bits per heavy atom. The van der Waals surface area contributed by atoms with Crippen molar-refractivity contribution in [2.45, 2.75) is 19.8 Å². The van der Waals surface area contributed by atoms with E-state index in [0.29, 0.717) is 29.9 Å². The van der Waals surface area contributed by atoms with Crippen molar-refractivity contribution in [2.24, 2.45) is 0 Å². The van der Waals surface area contributed by atoms with Crippen LogP contribution in [-0.2, 0) is 11.2 Å². The third-order valence-electron chi connectivity index (χ3n) is 2.98. The first kappa shape index (κ1) is 13.8. The van der Waals surface area contributed by atoms with Gasteiger partial charge in [-0.25, -0.2) is 0 Å². The van der Waals surface area contributed by atoms with Crippen LogP contribution in [0.3, 0.4) is 0 Å². The molecule has 0 bridgehead atoms. The first-order valence-electron chi connectivity index (χ1n) is 6.44. The van der Waals surface area contributed by atoms with Crippen LogP contribution in [0.25, 0.3) is 0 Å². The van der Waals surface area contributed by atoms with E-state index in [-0.39, 0.29) is 0 Å². The topological polar surface area (TPSA) is 50.1 Å². The van der Waals surface area contributed by atoms with E-state index >= 15 is 0 Å². The third kappa shape index (κ3) is 3.24. The number of benzene rings is 2. The number of hydrogen-bond acceptors (Lipinski definition) is 3. The lowest BCUT2D eigenvalue weighted by Crippen LogP contribution is -1.95. The van der Waals surface area contributed by atoms with Crippen molar-refractivity contribution < 1.29 is 9.53 Å². The molecule has 0 aliphatic rings. The third-order valence-corrected chi connectivity index (χ3v) is 2.98. The van der Waals surface area contributed by atoms with Crippen LogP contribution in [0.5, 0.6) is 11.5 Å². The van der Waals surface area contributed by atoms with Crippen LogP contribution in [0.1, 0.15) is 23.1 Å². The summed E-state index contributed by atoms with van der Waals surface area (Å²) < 4.78 is 5.87. The Labute approximate surface area is 118 Å². The van der Waals surface area contributed by atoms with E-state index in [2.05, 4.69) is 6.07 Å². The lowest BCUT2D eigenvalue weighted by Gasteiger charge is -2.12. The largest absolute Gasteiger partial charge is 0.456 e. The molecule has 2 rings (SSSR count). The zero-order chi connectivity index (χ0) is 14.4. The lowest BCUT2D eigenvalue weighted by molar-refractivity contribution is -0.107. The molecular formula is C17H15NO2. The monoisotopic (exact) mass is 265 g/mol. The van der Waals surface area contributed by atoms with Crippen LogP contribution < -0.4 is 4.74 Å². The fraction of sp³-hybridized carbons (Fsp3) is 0.176. The highest BCUT2D eigenvalue weighted by atomic mass is 16.5. The van der Waals surface area contributed by atoms with Crippen LogP contribution in [0, 0.1) is 18.3 Å². The summed E-state index contributed by atoms with van der Waals surface area (Å²) in [7, 11) is 0. The molecule has 3 heteroatoms. The number of aldehydes is 1. The van der Waals surface area contributed by atoms with Gasteiger partial charge < -0.3 is 9.53 Å². The van der Waals surface area contributed by atoms with E-state index in [0.717, 1.165) is 17.4 Å². The average molecular weight is 265 g/mol. The minimum atomic E-state index is 0.458. The molecule has 0 aromatic heterocycles. The molecule has 0 N–H and O–H groups in total. The van der Waals surface area contributed by atoms with Crippen LogP contribution >= 0.6 is 0 Å². The van der Waals surface area contributed by atoms with Gasteiger partial charge in [-0.3, -0.25) is 0 Å². The van der Waals surface area contributed by atoms with Gasteiger partial charge in [-0.15, -0.1) is 0 Å². The summed E-state index contributed by atoms with van der Waals surface area (Å²) in [6, 6.07) is 15.1. The zero-order valence-electron chi connectivity index (χ0n) is 11.3. The maximum absolute atomic E-state index is 10.5. The highest BCUT2D eigenvalue weighted by Crippen LogP contribution is 2.29. The van der Waals surface area contributed by atoms with Gasteiger partial charge in [-0.05, 0) is 42.7 Å². The van der Waals surface area contributed by atoms with Crippen molar-refractivity contribution in [3.8, 4) is 17.6 Å². The summed E-state index contributed by atoms with van der Waals surface area (Å²) >= 11 is 0.